The molecule has 1 fully saturated rings. The number of hydrogen-bond donors (Lipinski definition) is 1. The van der Waals surface area contributed by atoms with Gasteiger partial charge >= 0.3 is 6.18 Å². The van der Waals surface area contributed by atoms with Gasteiger partial charge in [0.1, 0.15) is 29.3 Å². The molecule has 3 aliphatic rings. The van der Waals surface area contributed by atoms with Gasteiger partial charge in [0.25, 0.3) is 0 Å². The van der Waals surface area contributed by atoms with Crippen molar-refractivity contribution in [2.24, 2.45) is 0 Å². The first-order valence-corrected chi connectivity index (χ1v) is 11.0. The van der Waals surface area contributed by atoms with Crippen LogP contribution in [0.3, 0.4) is 0 Å². The fraction of sp³-hybridized carbons (Fsp3) is 0.545. The van der Waals surface area contributed by atoms with Gasteiger partial charge in [-0.2, -0.15) is 18.2 Å². The number of nitrogens with one attached hydrogen (secondary N) is 1. The van der Waals surface area contributed by atoms with Crippen LogP contribution < -0.4 is 19.9 Å². The molecule has 1 amide bonds. The van der Waals surface area contributed by atoms with E-state index in [0.29, 0.717) is 31.1 Å². The Kier molecular flexibility index (Phi) is 5.09. The third kappa shape index (κ3) is 3.83. The van der Waals surface area contributed by atoms with E-state index in [4.69, 9.17) is 9.72 Å². The Morgan fingerprint density at radius 1 is 1.18 bits per heavy atom. The summed E-state index contributed by atoms with van der Waals surface area (Å²) < 4.78 is 44.3. The summed E-state index contributed by atoms with van der Waals surface area (Å²) >= 11 is 0. The second kappa shape index (κ2) is 7.74. The zero-order valence-corrected chi connectivity index (χ0v) is 18.6. The molecular weight excluding hydrogens is 437 g/mol. The van der Waals surface area contributed by atoms with Crippen molar-refractivity contribution in [2.45, 2.75) is 63.9 Å². The van der Waals surface area contributed by atoms with E-state index in [0.717, 1.165) is 36.1 Å². The van der Waals surface area contributed by atoms with E-state index in [1.54, 1.807) is 4.90 Å². The van der Waals surface area contributed by atoms with E-state index in [1.807, 2.05) is 18.9 Å². The number of amides is 1. The number of aromatic nitrogens is 3. The van der Waals surface area contributed by atoms with Gasteiger partial charge in [0.05, 0.1) is 11.4 Å². The maximum absolute atomic E-state index is 12.8. The molecule has 2 aromatic heterocycles. The number of aryl methyl sites for hydroxylation is 2. The summed E-state index contributed by atoms with van der Waals surface area (Å²) in [5.41, 5.74) is 0.986. The molecule has 0 unspecified atom stereocenters. The Morgan fingerprint density at radius 2 is 1.94 bits per heavy atom. The highest BCUT2D eigenvalue weighted by Gasteiger charge is 2.40. The quantitative estimate of drug-likeness (QED) is 0.746. The average molecular weight is 462 g/mol. The van der Waals surface area contributed by atoms with Crippen LogP contribution in [0.15, 0.2) is 12.1 Å². The van der Waals surface area contributed by atoms with Crippen LogP contribution in [0, 0.1) is 6.92 Å². The first-order valence-electron chi connectivity index (χ1n) is 11.0. The number of likely N-dealkylation sites (N-methyl/N-ethyl adjacent to an activating group) is 1. The van der Waals surface area contributed by atoms with Crippen LogP contribution in [0.5, 0.6) is 5.75 Å². The predicted octanol–water partition coefficient (Wildman–Crippen LogP) is 3.34. The molecule has 33 heavy (non-hydrogen) atoms. The van der Waals surface area contributed by atoms with Gasteiger partial charge in [-0.3, -0.25) is 4.79 Å². The highest BCUT2D eigenvalue weighted by Crippen LogP contribution is 2.40. The van der Waals surface area contributed by atoms with Crippen LogP contribution in [0.1, 0.15) is 43.3 Å². The lowest BCUT2D eigenvalue weighted by atomic mass is 9.89. The second-order valence-electron chi connectivity index (χ2n) is 8.88. The zero-order valence-electron chi connectivity index (χ0n) is 18.6. The molecule has 0 saturated heterocycles. The number of nitrogens with zero attached hydrogens (tertiary/aromatic N) is 5. The van der Waals surface area contributed by atoms with Crippen molar-refractivity contribution in [1.82, 2.24) is 15.0 Å². The second-order valence-corrected chi connectivity index (χ2v) is 8.88. The summed E-state index contributed by atoms with van der Waals surface area (Å²) in [6.07, 6.45) is -1.58. The number of hydrogen-bond acceptors (Lipinski definition) is 7. The van der Waals surface area contributed by atoms with Gasteiger partial charge in [0.15, 0.2) is 5.82 Å². The molecule has 1 atom stereocenters. The highest BCUT2D eigenvalue weighted by molar-refractivity contribution is 6.05. The summed E-state index contributed by atoms with van der Waals surface area (Å²) in [5, 5.41) is 3.35. The summed E-state index contributed by atoms with van der Waals surface area (Å²) in [7, 11) is 1.87. The first-order chi connectivity index (χ1) is 15.6. The van der Waals surface area contributed by atoms with E-state index < -0.39 is 11.9 Å². The minimum absolute atomic E-state index is 0.0716. The molecule has 2 aromatic rings. The lowest BCUT2D eigenvalue weighted by Crippen LogP contribution is -2.53. The molecule has 11 heteroatoms. The minimum atomic E-state index is -4.47. The lowest BCUT2D eigenvalue weighted by molar-refractivity contribution is -0.141. The van der Waals surface area contributed by atoms with E-state index in [-0.39, 0.29) is 29.8 Å². The van der Waals surface area contributed by atoms with Crippen LogP contribution in [-0.2, 0) is 17.4 Å². The summed E-state index contributed by atoms with van der Waals surface area (Å²) in [5.74, 6) is 1.71. The van der Waals surface area contributed by atoms with Crippen LogP contribution in [0.2, 0.25) is 0 Å². The zero-order chi connectivity index (χ0) is 23.5. The first kappa shape index (κ1) is 21.7. The van der Waals surface area contributed by atoms with E-state index >= 15 is 0 Å². The molecule has 5 rings (SSSR count). The monoisotopic (exact) mass is 462 g/mol. The van der Waals surface area contributed by atoms with Crippen molar-refractivity contribution >= 4 is 23.4 Å². The number of carbonyl (C=O) groups excluding carboxylic acids is 1. The van der Waals surface area contributed by atoms with Crippen molar-refractivity contribution in [2.75, 3.05) is 28.7 Å². The molecule has 4 heterocycles. The summed E-state index contributed by atoms with van der Waals surface area (Å²) in [4.78, 5) is 29.3. The molecule has 176 valence electrons. The van der Waals surface area contributed by atoms with Crippen molar-refractivity contribution in [1.29, 1.82) is 0 Å². The van der Waals surface area contributed by atoms with Crippen molar-refractivity contribution in [3.63, 3.8) is 0 Å². The Hall–Kier alpha value is -3.11. The number of anilines is 3. The van der Waals surface area contributed by atoms with Crippen LogP contribution in [0.25, 0.3) is 0 Å². The molecule has 2 aliphatic heterocycles. The number of ether oxygens (including phenoxy) is 1. The largest absolute Gasteiger partial charge is 0.488 e. The Labute approximate surface area is 189 Å². The minimum Gasteiger partial charge on any atom is -0.488 e. The van der Waals surface area contributed by atoms with Gasteiger partial charge in [-0.15, -0.1) is 0 Å². The topological polar surface area (TPSA) is 83.5 Å². The van der Waals surface area contributed by atoms with Gasteiger partial charge in [0, 0.05) is 32.5 Å². The van der Waals surface area contributed by atoms with E-state index in [2.05, 4.69) is 15.3 Å². The summed E-state index contributed by atoms with van der Waals surface area (Å²) in [6.45, 7) is 4.07. The molecular formula is C22H25F3N6O2. The maximum Gasteiger partial charge on any atom is 0.433 e. The predicted molar refractivity (Wildman–Crippen MR) is 116 cm³/mol. The Morgan fingerprint density at radius 3 is 2.64 bits per heavy atom. The molecule has 0 spiro atoms. The molecule has 1 N–H and O–H groups in total. The average Bonchev–Trinajstić information content (AvgIpc) is 2.74. The van der Waals surface area contributed by atoms with Gasteiger partial charge in [-0.25, -0.2) is 9.97 Å². The third-order valence-corrected chi connectivity index (χ3v) is 6.59. The molecule has 1 saturated carbocycles. The highest BCUT2D eigenvalue weighted by atomic mass is 19.4. The Balaban J connectivity index is 1.25. The van der Waals surface area contributed by atoms with Crippen molar-refractivity contribution < 1.29 is 22.7 Å². The van der Waals surface area contributed by atoms with Crippen LogP contribution in [0.4, 0.5) is 30.6 Å². The standard InChI is InChI=1S/C22H25F3N6O2/c1-11-16(6-7-17(26-11)22(23,24)25)33-14-9-13(10-14)27-21-28-15-5-4-8-31-18(15)19(29-21)30(3)12(2)20(31)32/h6-7,12-14H,4-5,8-10H2,1-3H3,(H,27,28,29)/t12-,13?,14?/m0/s1. The SMILES string of the molecule is Cc1nc(C(F)(F)F)ccc1OC1CC(Nc2nc3c4c(n2)N(C)[C@@H](C)C(=O)N4CCC3)C1. The molecule has 0 radical (unpaired) electrons. The number of rotatable bonds is 4. The Bertz CT molecular complexity index is 1100. The number of alkyl halides is 3. The lowest BCUT2D eigenvalue weighted by Gasteiger charge is -2.42. The van der Waals surface area contributed by atoms with Crippen LogP contribution >= 0.6 is 0 Å². The van der Waals surface area contributed by atoms with E-state index in [9.17, 15) is 18.0 Å². The van der Waals surface area contributed by atoms with E-state index in [1.165, 1.54) is 13.0 Å². The fourth-order valence-electron chi connectivity index (χ4n) is 4.53. The van der Waals surface area contributed by atoms with Gasteiger partial charge in [0.2, 0.25) is 11.9 Å². The third-order valence-electron chi connectivity index (χ3n) is 6.59. The van der Waals surface area contributed by atoms with Gasteiger partial charge in [-0.1, -0.05) is 0 Å². The molecule has 1 aliphatic carbocycles. The van der Waals surface area contributed by atoms with Crippen molar-refractivity contribution in [3.8, 4) is 5.75 Å². The number of carbonyl (C=O) groups is 1. The van der Waals surface area contributed by atoms with Gasteiger partial charge in [-0.05, 0) is 38.8 Å². The molecule has 0 bridgehead atoms. The summed E-state index contributed by atoms with van der Waals surface area (Å²) in [6, 6.07) is 2.08. The van der Waals surface area contributed by atoms with Gasteiger partial charge < -0.3 is 19.9 Å². The van der Waals surface area contributed by atoms with Crippen molar-refractivity contribution in [3.05, 3.63) is 29.2 Å². The van der Waals surface area contributed by atoms with Crippen LogP contribution in [-0.4, -0.2) is 52.6 Å². The smallest absolute Gasteiger partial charge is 0.433 e. The molecule has 0 aromatic carbocycles. The normalized spacial score (nSPS) is 24.3. The fourth-order valence-corrected chi connectivity index (χ4v) is 4.53. The maximum atomic E-state index is 12.8. The molecule has 8 nitrogen and oxygen atoms in total. The number of halogens is 3. The number of pyridine rings is 1.